The largest absolute Gasteiger partial charge is 0.493 e. The lowest BCUT2D eigenvalue weighted by Gasteiger charge is -2.29. The predicted molar refractivity (Wildman–Crippen MR) is 101 cm³/mol. The van der Waals surface area contributed by atoms with Crippen LogP contribution in [0.15, 0.2) is 29.5 Å². The molecule has 142 valence electrons. The van der Waals surface area contributed by atoms with Gasteiger partial charge in [0.1, 0.15) is 6.61 Å². The standard InChI is InChI=1S/C18H24N2O5S/c1-5-26-10-9-25-17(21)14-11(2)19-18(22)20-15(14)12-7-6-8-13(23-3)16(12)24-4/h6-8,15H,5,9-10H2,1-4H3,(H2,19,20,22)/t15-/m0/s1. The molecule has 1 aromatic rings. The van der Waals surface area contributed by atoms with Gasteiger partial charge in [-0.1, -0.05) is 19.1 Å². The zero-order chi connectivity index (χ0) is 19.1. The minimum atomic E-state index is -0.694. The van der Waals surface area contributed by atoms with E-state index in [1.54, 1.807) is 36.9 Å². The zero-order valence-electron chi connectivity index (χ0n) is 15.4. The maximum atomic E-state index is 12.7. The molecule has 2 N–H and O–H groups in total. The molecule has 1 aromatic carbocycles. The number of methoxy groups -OCH3 is 2. The molecule has 0 radical (unpaired) electrons. The van der Waals surface area contributed by atoms with Crippen LogP contribution in [-0.4, -0.2) is 44.3 Å². The van der Waals surface area contributed by atoms with E-state index in [-0.39, 0.29) is 0 Å². The van der Waals surface area contributed by atoms with Crippen molar-refractivity contribution in [2.45, 2.75) is 19.9 Å². The maximum absolute atomic E-state index is 12.7. The SMILES string of the molecule is CCSCCOC(=O)C1=C(C)NC(=O)N[C@H]1c1cccc(OC)c1OC. The number of ether oxygens (including phenoxy) is 3. The van der Waals surface area contributed by atoms with Crippen LogP contribution in [-0.2, 0) is 9.53 Å². The number of carbonyl (C=O) groups is 2. The van der Waals surface area contributed by atoms with E-state index in [9.17, 15) is 9.59 Å². The summed E-state index contributed by atoms with van der Waals surface area (Å²) in [6.45, 7) is 4.03. The summed E-state index contributed by atoms with van der Waals surface area (Å²) >= 11 is 1.69. The molecule has 1 atom stereocenters. The number of carbonyl (C=O) groups excluding carboxylic acids is 2. The minimum absolute atomic E-state index is 0.310. The van der Waals surface area contributed by atoms with Crippen LogP contribution in [0.3, 0.4) is 0 Å². The molecule has 1 heterocycles. The van der Waals surface area contributed by atoms with Crippen molar-refractivity contribution in [3.8, 4) is 11.5 Å². The highest BCUT2D eigenvalue weighted by atomic mass is 32.2. The highest BCUT2D eigenvalue weighted by Gasteiger charge is 2.34. The Labute approximate surface area is 157 Å². The molecule has 0 aliphatic carbocycles. The van der Waals surface area contributed by atoms with Gasteiger partial charge in [-0.25, -0.2) is 9.59 Å². The van der Waals surface area contributed by atoms with Crippen molar-refractivity contribution in [3.63, 3.8) is 0 Å². The number of para-hydroxylation sites is 1. The van der Waals surface area contributed by atoms with Crippen LogP contribution in [0.5, 0.6) is 11.5 Å². The Morgan fingerprint density at radius 2 is 2.04 bits per heavy atom. The number of hydrogen-bond donors (Lipinski definition) is 2. The van der Waals surface area contributed by atoms with Gasteiger partial charge in [-0.3, -0.25) is 0 Å². The van der Waals surface area contributed by atoms with E-state index in [2.05, 4.69) is 10.6 Å². The molecule has 26 heavy (non-hydrogen) atoms. The van der Waals surface area contributed by atoms with Gasteiger partial charge in [0.25, 0.3) is 0 Å². The number of nitrogens with one attached hydrogen (secondary N) is 2. The molecule has 8 heteroatoms. The third kappa shape index (κ3) is 4.43. The summed E-state index contributed by atoms with van der Waals surface area (Å²) in [7, 11) is 3.05. The van der Waals surface area contributed by atoms with Gasteiger partial charge in [-0.15, -0.1) is 0 Å². The van der Waals surface area contributed by atoms with Gasteiger partial charge in [0, 0.05) is 17.0 Å². The fraction of sp³-hybridized carbons (Fsp3) is 0.444. The second-order valence-electron chi connectivity index (χ2n) is 5.49. The summed E-state index contributed by atoms with van der Waals surface area (Å²) < 4.78 is 16.2. The first-order valence-corrected chi connectivity index (χ1v) is 9.42. The van der Waals surface area contributed by atoms with Gasteiger partial charge in [-0.2, -0.15) is 11.8 Å². The normalized spacial score (nSPS) is 16.6. The number of hydrogen-bond acceptors (Lipinski definition) is 6. The van der Waals surface area contributed by atoms with Crippen molar-refractivity contribution in [1.29, 1.82) is 0 Å². The predicted octanol–water partition coefficient (Wildman–Crippen LogP) is 2.63. The molecule has 0 aromatic heterocycles. The molecule has 0 saturated heterocycles. The summed E-state index contributed by atoms with van der Waals surface area (Å²) in [5.41, 5.74) is 1.42. The number of allylic oxidation sites excluding steroid dienone is 1. The molecule has 2 amide bonds. The fourth-order valence-electron chi connectivity index (χ4n) is 2.75. The molecule has 0 bridgehead atoms. The average molecular weight is 380 g/mol. The van der Waals surface area contributed by atoms with Crippen LogP contribution in [0.2, 0.25) is 0 Å². The van der Waals surface area contributed by atoms with E-state index in [4.69, 9.17) is 14.2 Å². The summed E-state index contributed by atoms with van der Waals surface area (Å²) in [6.07, 6.45) is 0. The van der Waals surface area contributed by atoms with Gasteiger partial charge in [0.05, 0.1) is 25.8 Å². The van der Waals surface area contributed by atoms with Crippen molar-refractivity contribution < 1.29 is 23.8 Å². The highest BCUT2D eigenvalue weighted by molar-refractivity contribution is 7.99. The number of rotatable bonds is 8. The van der Waals surface area contributed by atoms with E-state index in [0.29, 0.717) is 34.9 Å². The van der Waals surface area contributed by atoms with Crippen LogP contribution >= 0.6 is 11.8 Å². The summed E-state index contributed by atoms with van der Waals surface area (Å²) in [5, 5.41) is 5.40. The van der Waals surface area contributed by atoms with Gasteiger partial charge in [0.2, 0.25) is 0 Å². The van der Waals surface area contributed by atoms with Crippen molar-refractivity contribution in [1.82, 2.24) is 10.6 Å². The third-order valence-corrected chi connectivity index (χ3v) is 4.76. The minimum Gasteiger partial charge on any atom is -0.493 e. The first kappa shape index (κ1) is 20.0. The molecule has 0 spiro atoms. The topological polar surface area (TPSA) is 85.9 Å². The second kappa shape index (κ2) is 9.38. The molecule has 0 fully saturated rings. The van der Waals surface area contributed by atoms with E-state index in [1.165, 1.54) is 14.2 Å². The van der Waals surface area contributed by atoms with Crippen molar-refractivity contribution in [3.05, 3.63) is 35.0 Å². The summed E-state index contributed by atoms with van der Waals surface area (Å²) in [5.74, 6) is 2.19. The number of amides is 2. The van der Waals surface area contributed by atoms with Gasteiger partial charge in [0.15, 0.2) is 11.5 Å². The smallest absolute Gasteiger partial charge is 0.338 e. The lowest BCUT2D eigenvalue weighted by atomic mass is 9.94. The van der Waals surface area contributed by atoms with Crippen LogP contribution < -0.4 is 20.1 Å². The van der Waals surface area contributed by atoms with Crippen molar-refractivity contribution >= 4 is 23.8 Å². The van der Waals surface area contributed by atoms with E-state index >= 15 is 0 Å². The Morgan fingerprint density at radius 3 is 2.69 bits per heavy atom. The number of urea groups is 1. The Kier molecular flexibility index (Phi) is 7.20. The highest BCUT2D eigenvalue weighted by Crippen LogP contribution is 2.38. The van der Waals surface area contributed by atoms with E-state index in [1.807, 2.05) is 6.92 Å². The van der Waals surface area contributed by atoms with Gasteiger partial charge in [-0.05, 0) is 18.7 Å². The monoisotopic (exact) mass is 380 g/mol. The molecular weight excluding hydrogens is 356 g/mol. The number of esters is 1. The van der Waals surface area contributed by atoms with Crippen LogP contribution in [0.25, 0.3) is 0 Å². The number of thioether (sulfide) groups is 1. The molecule has 1 aliphatic heterocycles. The maximum Gasteiger partial charge on any atom is 0.338 e. The molecule has 1 aliphatic rings. The fourth-order valence-corrected chi connectivity index (χ4v) is 3.24. The van der Waals surface area contributed by atoms with Crippen LogP contribution in [0, 0.1) is 0 Å². The zero-order valence-corrected chi connectivity index (χ0v) is 16.2. The van der Waals surface area contributed by atoms with E-state index in [0.717, 1.165) is 11.5 Å². The van der Waals surface area contributed by atoms with Crippen LogP contribution in [0.1, 0.15) is 25.5 Å². The average Bonchev–Trinajstić information content (AvgIpc) is 2.63. The summed E-state index contributed by atoms with van der Waals surface area (Å²) in [6, 6.07) is 4.23. The first-order valence-electron chi connectivity index (χ1n) is 8.27. The molecule has 0 saturated carbocycles. The lowest BCUT2D eigenvalue weighted by Crippen LogP contribution is -2.45. The lowest BCUT2D eigenvalue weighted by molar-refractivity contribution is -0.138. The Morgan fingerprint density at radius 1 is 1.27 bits per heavy atom. The van der Waals surface area contributed by atoms with Gasteiger partial charge < -0.3 is 24.8 Å². The second-order valence-corrected chi connectivity index (χ2v) is 6.88. The van der Waals surface area contributed by atoms with Crippen molar-refractivity contribution in [2.24, 2.45) is 0 Å². The Balaban J connectivity index is 2.37. The molecule has 2 rings (SSSR count). The third-order valence-electron chi connectivity index (χ3n) is 3.90. The van der Waals surface area contributed by atoms with Crippen molar-refractivity contribution in [2.75, 3.05) is 32.3 Å². The Hall–Kier alpha value is -2.35. The quantitative estimate of drug-likeness (QED) is 0.533. The van der Waals surface area contributed by atoms with Gasteiger partial charge >= 0.3 is 12.0 Å². The molecule has 7 nitrogen and oxygen atoms in total. The molecular formula is C18H24N2O5S. The van der Waals surface area contributed by atoms with E-state index < -0.39 is 18.0 Å². The van der Waals surface area contributed by atoms with Crippen LogP contribution in [0.4, 0.5) is 4.79 Å². The molecule has 0 unspecified atom stereocenters. The summed E-state index contributed by atoms with van der Waals surface area (Å²) in [4.78, 5) is 24.7. The Bertz CT molecular complexity index is 705. The first-order chi connectivity index (χ1) is 12.5. The number of benzene rings is 1.